The van der Waals surface area contributed by atoms with Crippen LogP contribution in [0, 0.1) is 11.8 Å². The SMILES string of the molecule is CC(C)C1COC(=O)N1C(=O)C(c1ccc(Cl)cc1)C1CC1. The van der Waals surface area contributed by atoms with Crippen molar-refractivity contribution < 1.29 is 14.3 Å². The van der Waals surface area contributed by atoms with Crippen LogP contribution in [0.15, 0.2) is 24.3 Å². The van der Waals surface area contributed by atoms with Gasteiger partial charge in [-0.25, -0.2) is 9.69 Å². The quantitative estimate of drug-likeness (QED) is 0.846. The van der Waals surface area contributed by atoms with Gasteiger partial charge >= 0.3 is 6.09 Å². The first-order valence-corrected chi connectivity index (χ1v) is 8.12. The maximum atomic E-state index is 13.0. The molecule has 2 unspecified atom stereocenters. The van der Waals surface area contributed by atoms with E-state index in [2.05, 4.69) is 0 Å². The van der Waals surface area contributed by atoms with E-state index >= 15 is 0 Å². The molecular weight excluding hydrogens is 302 g/mol. The maximum Gasteiger partial charge on any atom is 0.417 e. The van der Waals surface area contributed by atoms with Crippen LogP contribution in [0.25, 0.3) is 0 Å². The smallest absolute Gasteiger partial charge is 0.417 e. The molecule has 2 amide bonds. The number of halogens is 1. The third-order valence-electron chi connectivity index (χ3n) is 4.50. The van der Waals surface area contributed by atoms with Gasteiger partial charge in [0.2, 0.25) is 5.91 Å². The van der Waals surface area contributed by atoms with Gasteiger partial charge in [-0.3, -0.25) is 4.79 Å². The molecule has 0 aromatic heterocycles. The molecule has 1 saturated carbocycles. The first-order chi connectivity index (χ1) is 10.5. The Labute approximate surface area is 135 Å². The van der Waals surface area contributed by atoms with E-state index in [1.165, 1.54) is 4.90 Å². The molecule has 1 aromatic carbocycles. The molecule has 0 radical (unpaired) electrons. The van der Waals surface area contributed by atoms with Crippen molar-refractivity contribution in [2.24, 2.45) is 11.8 Å². The number of carbonyl (C=O) groups is 2. The average Bonchev–Trinajstić information content (AvgIpc) is 3.22. The maximum absolute atomic E-state index is 13.0. The Hall–Kier alpha value is -1.55. The van der Waals surface area contributed by atoms with Crippen LogP contribution < -0.4 is 0 Å². The van der Waals surface area contributed by atoms with E-state index in [0.29, 0.717) is 17.5 Å². The Morgan fingerprint density at radius 1 is 1.27 bits per heavy atom. The third-order valence-corrected chi connectivity index (χ3v) is 4.75. The fourth-order valence-electron chi connectivity index (χ4n) is 3.05. The molecule has 2 fully saturated rings. The summed E-state index contributed by atoms with van der Waals surface area (Å²) < 4.78 is 5.11. The summed E-state index contributed by atoms with van der Waals surface area (Å²) in [5.41, 5.74) is 0.930. The minimum atomic E-state index is -0.511. The minimum absolute atomic E-state index is 0.133. The van der Waals surface area contributed by atoms with E-state index in [-0.39, 0.29) is 23.8 Å². The number of cyclic esters (lactones) is 1. The van der Waals surface area contributed by atoms with Crippen LogP contribution in [0.1, 0.15) is 38.2 Å². The van der Waals surface area contributed by atoms with E-state index in [1.54, 1.807) is 12.1 Å². The number of amides is 2. The highest BCUT2D eigenvalue weighted by Crippen LogP contribution is 2.44. The molecule has 1 aliphatic heterocycles. The second-order valence-electron chi connectivity index (χ2n) is 6.46. The average molecular weight is 322 g/mol. The largest absolute Gasteiger partial charge is 0.447 e. The fourth-order valence-corrected chi connectivity index (χ4v) is 3.17. The lowest BCUT2D eigenvalue weighted by Crippen LogP contribution is -2.44. The molecule has 3 rings (SSSR count). The predicted octanol–water partition coefficient (Wildman–Crippen LogP) is 3.84. The van der Waals surface area contributed by atoms with Gasteiger partial charge in [0.1, 0.15) is 6.61 Å². The molecule has 1 aromatic rings. The summed E-state index contributed by atoms with van der Waals surface area (Å²) in [6.07, 6.45) is 1.53. The highest BCUT2D eigenvalue weighted by molar-refractivity contribution is 6.30. The topological polar surface area (TPSA) is 46.6 Å². The Morgan fingerprint density at radius 3 is 2.45 bits per heavy atom. The molecule has 0 N–H and O–H groups in total. The monoisotopic (exact) mass is 321 g/mol. The van der Waals surface area contributed by atoms with Crippen molar-refractivity contribution in [1.82, 2.24) is 4.90 Å². The Kier molecular flexibility index (Phi) is 4.13. The zero-order valence-corrected chi connectivity index (χ0v) is 13.5. The summed E-state index contributed by atoms with van der Waals surface area (Å²) in [5, 5.41) is 0.645. The first-order valence-electron chi connectivity index (χ1n) is 7.74. The molecule has 1 heterocycles. The van der Waals surface area contributed by atoms with Crippen molar-refractivity contribution in [2.45, 2.75) is 38.6 Å². The van der Waals surface area contributed by atoms with Gasteiger partial charge in [0.05, 0.1) is 12.0 Å². The molecule has 1 saturated heterocycles. The molecule has 0 bridgehead atoms. The first kappa shape index (κ1) is 15.3. The number of carbonyl (C=O) groups excluding carboxylic acids is 2. The van der Waals surface area contributed by atoms with E-state index in [9.17, 15) is 9.59 Å². The van der Waals surface area contributed by atoms with E-state index in [1.807, 2.05) is 26.0 Å². The van der Waals surface area contributed by atoms with E-state index in [0.717, 1.165) is 18.4 Å². The number of ether oxygens (including phenoxy) is 1. The molecule has 4 nitrogen and oxygen atoms in total. The van der Waals surface area contributed by atoms with Gasteiger partial charge < -0.3 is 4.74 Å². The van der Waals surface area contributed by atoms with Gasteiger partial charge in [0.15, 0.2) is 0 Å². The summed E-state index contributed by atoms with van der Waals surface area (Å²) in [4.78, 5) is 26.4. The van der Waals surface area contributed by atoms with E-state index in [4.69, 9.17) is 16.3 Å². The van der Waals surface area contributed by atoms with Crippen LogP contribution in [-0.2, 0) is 9.53 Å². The summed E-state index contributed by atoms with van der Waals surface area (Å²) >= 11 is 5.94. The second kappa shape index (κ2) is 5.92. The van der Waals surface area contributed by atoms with Gasteiger partial charge in [-0.15, -0.1) is 0 Å². The lowest BCUT2D eigenvalue weighted by molar-refractivity contribution is -0.131. The van der Waals surface area contributed by atoms with Gasteiger partial charge in [-0.1, -0.05) is 37.6 Å². The van der Waals surface area contributed by atoms with Crippen LogP contribution in [-0.4, -0.2) is 29.5 Å². The van der Waals surface area contributed by atoms with Crippen molar-refractivity contribution in [3.8, 4) is 0 Å². The molecule has 1 aliphatic carbocycles. The summed E-state index contributed by atoms with van der Waals surface area (Å²) in [6, 6.07) is 7.18. The highest BCUT2D eigenvalue weighted by Gasteiger charge is 2.46. The highest BCUT2D eigenvalue weighted by atomic mass is 35.5. The summed E-state index contributed by atoms with van der Waals surface area (Å²) in [5.74, 6) is 0.0885. The Bertz CT molecular complexity index is 580. The lowest BCUT2D eigenvalue weighted by Gasteiger charge is -2.27. The van der Waals surface area contributed by atoms with Gasteiger partial charge in [-0.05, 0) is 42.4 Å². The van der Waals surface area contributed by atoms with Crippen LogP contribution in [0.2, 0.25) is 5.02 Å². The Balaban J connectivity index is 1.89. The van der Waals surface area contributed by atoms with E-state index < -0.39 is 6.09 Å². The van der Waals surface area contributed by atoms with Crippen LogP contribution in [0.3, 0.4) is 0 Å². The van der Waals surface area contributed by atoms with Crippen LogP contribution >= 0.6 is 11.6 Å². The molecule has 118 valence electrons. The molecular formula is C17H20ClNO3. The number of nitrogens with zero attached hydrogens (tertiary/aromatic N) is 1. The van der Waals surface area contributed by atoms with Gasteiger partial charge in [-0.2, -0.15) is 0 Å². The van der Waals surface area contributed by atoms with Gasteiger partial charge in [0, 0.05) is 5.02 Å². The zero-order valence-electron chi connectivity index (χ0n) is 12.8. The minimum Gasteiger partial charge on any atom is -0.447 e. The summed E-state index contributed by atoms with van der Waals surface area (Å²) in [7, 11) is 0. The Morgan fingerprint density at radius 2 is 1.91 bits per heavy atom. The van der Waals surface area contributed by atoms with Crippen LogP contribution in [0.5, 0.6) is 0 Å². The van der Waals surface area contributed by atoms with Gasteiger partial charge in [0.25, 0.3) is 0 Å². The lowest BCUT2D eigenvalue weighted by atomic mass is 9.91. The standard InChI is InChI=1S/C17H20ClNO3/c1-10(2)14-9-22-17(21)19(14)16(20)15(11-3-4-11)12-5-7-13(18)8-6-12/h5-8,10-11,14-15H,3-4,9H2,1-2H3. The molecule has 0 spiro atoms. The van der Waals surface area contributed by atoms with Crippen molar-refractivity contribution in [3.63, 3.8) is 0 Å². The van der Waals surface area contributed by atoms with Crippen molar-refractivity contribution in [2.75, 3.05) is 6.61 Å². The van der Waals surface area contributed by atoms with Crippen LogP contribution in [0.4, 0.5) is 4.79 Å². The van der Waals surface area contributed by atoms with Crippen molar-refractivity contribution in [3.05, 3.63) is 34.9 Å². The molecule has 22 heavy (non-hydrogen) atoms. The number of hydrogen-bond donors (Lipinski definition) is 0. The number of rotatable bonds is 4. The fraction of sp³-hybridized carbons (Fsp3) is 0.529. The third kappa shape index (κ3) is 2.84. The summed E-state index contributed by atoms with van der Waals surface area (Å²) in [6.45, 7) is 4.29. The second-order valence-corrected chi connectivity index (χ2v) is 6.90. The zero-order chi connectivity index (χ0) is 15.9. The van der Waals surface area contributed by atoms with Crippen molar-refractivity contribution in [1.29, 1.82) is 0 Å². The predicted molar refractivity (Wildman–Crippen MR) is 83.7 cm³/mol. The number of hydrogen-bond acceptors (Lipinski definition) is 3. The number of benzene rings is 1. The molecule has 2 aliphatic rings. The van der Waals surface area contributed by atoms with Crippen molar-refractivity contribution >= 4 is 23.6 Å². The molecule has 2 atom stereocenters. The normalized spacial score (nSPS) is 22.8. The molecule has 5 heteroatoms. The number of imide groups is 1.